The Hall–Kier alpha value is -3.08. The molecular weight excluding hydrogens is 411 g/mol. The van der Waals surface area contributed by atoms with E-state index in [0.717, 1.165) is 17.1 Å². The van der Waals surface area contributed by atoms with Crippen LogP contribution in [0.4, 0.5) is 13.2 Å². The molecule has 0 spiro atoms. The molecule has 0 saturated carbocycles. The van der Waals surface area contributed by atoms with E-state index in [1.807, 2.05) is 0 Å². The van der Waals surface area contributed by atoms with Gasteiger partial charge in [0.2, 0.25) is 0 Å². The highest BCUT2D eigenvalue weighted by Crippen LogP contribution is 2.44. The molecule has 29 heavy (non-hydrogen) atoms. The van der Waals surface area contributed by atoms with Crippen LogP contribution in [0.5, 0.6) is 11.5 Å². The number of benzene rings is 1. The molecule has 0 unspecified atom stereocenters. The van der Waals surface area contributed by atoms with Crippen molar-refractivity contribution in [3.05, 3.63) is 47.8 Å². The summed E-state index contributed by atoms with van der Waals surface area (Å²) in [5.41, 5.74) is -0.628. The number of alkyl halides is 3. The molecule has 3 aromatic rings. The van der Waals surface area contributed by atoms with Crippen LogP contribution in [-0.2, 0) is 22.6 Å². The summed E-state index contributed by atoms with van der Waals surface area (Å²) in [4.78, 5) is 3.96. The van der Waals surface area contributed by atoms with Crippen molar-refractivity contribution in [1.82, 2.24) is 14.8 Å². The topological polar surface area (TPSA) is 83.3 Å². The van der Waals surface area contributed by atoms with Gasteiger partial charge in [0, 0.05) is 29.6 Å². The lowest BCUT2D eigenvalue weighted by atomic mass is 10.0. The van der Waals surface area contributed by atoms with Crippen molar-refractivity contribution < 1.29 is 31.1 Å². The quantitative estimate of drug-likeness (QED) is 0.641. The zero-order valence-electron chi connectivity index (χ0n) is 15.2. The van der Waals surface area contributed by atoms with Crippen LogP contribution in [0.3, 0.4) is 0 Å². The molecular formula is C18H14F3N3O4S. The van der Waals surface area contributed by atoms with Gasteiger partial charge >= 0.3 is 6.18 Å². The Morgan fingerprint density at radius 2 is 1.97 bits per heavy atom. The van der Waals surface area contributed by atoms with E-state index in [-0.39, 0.29) is 28.6 Å². The molecule has 2 aromatic heterocycles. The molecule has 1 aliphatic heterocycles. The minimum atomic E-state index is -4.70. The SMILES string of the molecule is COc1ccc2c(c1)OCc1c(C(F)(F)F)nn(-c3ccc(S(C)(=O)=O)cn3)c1-2. The van der Waals surface area contributed by atoms with E-state index in [0.29, 0.717) is 17.1 Å². The van der Waals surface area contributed by atoms with E-state index in [1.54, 1.807) is 18.2 Å². The van der Waals surface area contributed by atoms with Gasteiger partial charge in [-0.15, -0.1) is 0 Å². The van der Waals surface area contributed by atoms with E-state index in [1.165, 1.54) is 19.2 Å². The highest BCUT2D eigenvalue weighted by molar-refractivity contribution is 7.90. The normalized spacial score (nSPS) is 13.4. The molecule has 1 aromatic carbocycles. The van der Waals surface area contributed by atoms with E-state index in [2.05, 4.69) is 10.1 Å². The Balaban J connectivity index is 1.95. The Morgan fingerprint density at radius 3 is 2.55 bits per heavy atom. The number of halogens is 3. The van der Waals surface area contributed by atoms with Gasteiger partial charge in [0.05, 0.1) is 17.7 Å². The molecule has 0 amide bonds. The largest absolute Gasteiger partial charge is 0.497 e. The average Bonchev–Trinajstić information content (AvgIpc) is 3.07. The summed E-state index contributed by atoms with van der Waals surface area (Å²) in [6.07, 6.45) is -2.60. The third-order valence-electron chi connectivity index (χ3n) is 4.43. The second-order valence-electron chi connectivity index (χ2n) is 6.36. The molecule has 11 heteroatoms. The molecule has 0 atom stereocenters. The van der Waals surface area contributed by atoms with E-state index in [4.69, 9.17) is 9.47 Å². The molecule has 0 fully saturated rings. The highest BCUT2D eigenvalue weighted by atomic mass is 32.2. The van der Waals surface area contributed by atoms with Gasteiger partial charge in [0.15, 0.2) is 21.3 Å². The second kappa shape index (κ2) is 6.48. The van der Waals surface area contributed by atoms with Crippen molar-refractivity contribution in [2.75, 3.05) is 13.4 Å². The van der Waals surface area contributed by atoms with Crippen LogP contribution >= 0.6 is 0 Å². The molecule has 4 rings (SSSR count). The minimum Gasteiger partial charge on any atom is -0.497 e. The number of fused-ring (bicyclic) bond motifs is 3. The molecule has 0 bridgehead atoms. The lowest BCUT2D eigenvalue weighted by Crippen LogP contribution is -2.12. The van der Waals surface area contributed by atoms with Crippen molar-refractivity contribution in [3.63, 3.8) is 0 Å². The number of hydrogen-bond donors (Lipinski definition) is 0. The fourth-order valence-electron chi connectivity index (χ4n) is 3.07. The van der Waals surface area contributed by atoms with Crippen LogP contribution in [0.25, 0.3) is 17.1 Å². The van der Waals surface area contributed by atoms with Crippen LogP contribution in [0.2, 0.25) is 0 Å². The smallest absolute Gasteiger partial charge is 0.435 e. The van der Waals surface area contributed by atoms with E-state index >= 15 is 0 Å². The molecule has 7 nitrogen and oxygen atoms in total. The number of hydrogen-bond acceptors (Lipinski definition) is 6. The second-order valence-corrected chi connectivity index (χ2v) is 8.38. The molecule has 0 saturated heterocycles. The number of rotatable bonds is 3. The minimum absolute atomic E-state index is 0.0489. The lowest BCUT2D eigenvalue weighted by Gasteiger charge is -2.20. The standard InChI is InChI=1S/C18H14F3N3O4S/c1-27-10-3-5-12-14(7-10)28-9-13-16(12)24(23-17(13)18(19,20)21)15-6-4-11(8-22-15)29(2,25)26/h3-8H,9H2,1-2H3. The van der Waals surface area contributed by atoms with Gasteiger partial charge in [-0.05, 0) is 24.3 Å². The summed E-state index contributed by atoms with van der Waals surface area (Å²) in [5, 5.41) is 3.74. The predicted octanol–water partition coefficient (Wildman–Crippen LogP) is 3.26. The van der Waals surface area contributed by atoms with Gasteiger partial charge in [-0.3, -0.25) is 0 Å². The fraction of sp³-hybridized carbons (Fsp3) is 0.222. The third-order valence-corrected chi connectivity index (χ3v) is 5.53. The summed E-state index contributed by atoms with van der Waals surface area (Å²) >= 11 is 0. The summed E-state index contributed by atoms with van der Waals surface area (Å²) in [5.74, 6) is 0.886. The zero-order chi connectivity index (χ0) is 21.0. The Bertz CT molecular complexity index is 1200. The van der Waals surface area contributed by atoms with Crippen molar-refractivity contribution in [2.45, 2.75) is 17.7 Å². The molecule has 1 aliphatic rings. The summed E-state index contributed by atoms with van der Waals surface area (Å²) in [6.45, 7) is -0.328. The van der Waals surface area contributed by atoms with E-state index in [9.17, 15) is 21.6 Å². The van der Waals surface area contributed by atoms with Crippen molar-refractivity contribution in [1.29, 1.82) is 0 Å². The third kappa shape index (κ3) is 3.31. The maximum absolute atomic E-state index is 13.6. The molecule has 152 valence electrons. The van der Waals surface area contributed by atoms with Gasteiger partial charge in [0.25, 0.3) is 0 Å². The monoisotopic (exact) mass is 425 g/mol. The Kier molecular flexibility index (Phi) is 4.30. The first-order valence-electron chi connectivity index (χ1n) is 8.26. The average molecular weight is 425 g/mol. The van der Waals surface area contributed by atoms with Gasteiger partial charge < -0.3 is 9.47 Å². The fourth-order valence-corrected chi connectivity index (χ4v) is 3.63. The van der Waals surface area contributed by atoms with Crippen LogP contribution in [-0.4, -0.2) is 36.5 Å². The molecule has 3 heterocycles. The first-order chi connectivity index (χ1) is 13.6. The van der Waals surface area contributed by atoms with E-state index < -0.39 is 21.7 Å². The number of methoxy groups -OCH3 is 1. The molecule has 0 N–H and O–H groups in total. The van der Waals surface area contributed by atoms with Crippen LogP contribution in [0.1, 0.15) is 11.3 Å². The summed E-state index contributed by atoms with van der Waals surface area (Å²) in [6, 6.07) is 7.33. The van der Waals surface area contributed by atoms with Crippen molar-refractivity contribution in [3.8, 4) is 28.6 Å². The first kappa shape index (κ1) is 19.2. The van der Waals surface area contributed by atoms with Crippen molar-refractivity contribution in [2.24, 2.45) is 0 Å². The first-order valence-corrected chi connectivity index (χ1v) is 10.2. The lowest BCUT2D eigenvalue weighted by molar-refractivity contribution is -0.142. The Labute approximate surface area is 163 Å². The number of sulfone groups is 1. The maximum Gasteiger partial charge on any atom is 0.435 e. The summed E-state index contributed by atoms with van der Waals surface area (Å²) in [7, 11) is -2.03. The number of ether oxygens (including phenoxy) is 2. The van der Waals surface area contributed by atoms with Crippen LogP contribution in [0, 0.1) is 0 Å². The van der Waals surface area contributed by atoms with Gasteiger partial charge in [-0.2, -0.15) is 18.3 Å². The number of aromatic nitrogens is 3. The summed E-state index contributed by atoms with van der Waals surface area (Å²) < 4.78 is 75.7. The van der Waals surface area contributed by atoms with Crippen molar-refractivity contribution >= 4 is 9.84 Å². The molecule has 0 radical (unpaired) electrons. The van der Waals surface area contributed by atoms with Gasteiger partial charge in [0.1, 0.15) is 18.1 Å². The Morgan fingerprint density at radius 1 is 1.21 bits per heavy atom. The predicted molar refractivity (Wildman–Crippen MR) is 95.8 cm³/mol. The van der Waals surface area contributed by atoms with Gasteiger partial charge in [-0.1, -0.05) is 0 Å². The maximum atomic E-state index is 13.6. The zero-order valence-corrected chi connectivity index (χ0v) is 16.0. The number of nitrogens with zero attached hydrogens (tertiary/aromatic N) is 3. The molecule has 0 aliphatic carbocycles. The number of pyridine rings is 1. The van der Waals surface area contributed by atoms with Crippen LogP contribution < -0.4 is 9.47 Å². The van der Waals surface area contributed by atoms with Crippen LogP contribution in [0.15, 0.2) is 41.4 Å². The van der Waals surface area contributed by atoms with Gasteiger partial charge in [-0.25, -0.2) is 18.1 Å². The highest BCUT2D eigenvalue weighted by Gasteiger charge is 2.41.